The van der Waals surface area contributed by atoms with Crippen molar-refractivity contribution in [3.8, 4) is 0 Å². The van der Waals surface area contributed by atoms with Crippen molar-refractivity contribution in [3.05, 3.63) is 59.7 Å². The van der Waals surface area contributed by atoms with Gasteiger partial charge in [0.25, 0.3) is 5.91 Å². The third-order valence-corrected chi connectivity index (χ3v) is 5.79. The number of benzene rings is 1. The lowest BCUT2D eigenvalue weighted by atomic mass is 10.2. The van der Waals surface area contributed by atoms with Gasteiger partial charge in [0.1, 0.15) is 5.69 Å². The molecular weight excluding hydrogens is 378 g/mol. The van der Waals surface area contributed by atoms with Gasteiger partial charge in [0.05, 0.1) is 11.9 Å². The predicted molar refractivity (Wildman–Crippen MR) is 114 cm³/mol. The maximum Gasteiger partial charge on any atom is 0.274 e. The fourth-order valence-electron chi connectivity index (χ4n) is 3.86. The van der Waals surface area contributed by atoms with Crippen LogP contribution in [-0.2, 0) is 11.3 Å². The van der Waals surface area contributed by atoms with Crippen LogP contribution in [0.3, 0.4) is 0 Å². The molecule has 2 fully saturated rings. The molecule has 7 heteroatoms. The maximum atomic E-state index is 12.8. The number of aromatic nitrogens is 2. The maximum absolute atomic E-state index is 12.8. The zero-order valence-electron chi connectivity index (χ0n) is 17.5. The molecule has 1 saturated carbocycles. The van der Waals surface area contributed by atoms with E-state index < -0.39 is 0 Å². The highest BCUT2D eigenvalue weighted by atomic mass is 16.2. The highest BCUT2D eigenvalue weighted by Crippen LogP contribution is 2.28. The molecule has 1 aromatic heterocycles. The van der Waals surface area contributed by atoms with Crippen LogP contribution in [0.25, 0.3) is 0 Å². The second-order valence-electron chi connectivity index (χ2n) is 8.17. The quantitative estimate of drug-likeness (QED) is 0.703. The van der Waals surface area contributed by atoms with Gasteiger partial charge in [-0.05, 0) is 25.3 Å². The molecule has 1 aliphatic carbocycles. The van der Waals surface area contributed by atoms with Crippen molar-refractivity contribution in [2.75, 3.05) is 32.7 Å². The molecule has 0 atom stereocenters. The molecule has 4 rings (SSSR count). The summed E-state index contributed by atoms with van der Waals surface area (Å²) in [6.07, 6.45) is 5.49. The highest BCUT2D eigenvalue weighted by Gasteiger charge is 2.34. The summed E-state index contributed by atoms with van der Waals surface area (Å²) in [5.74, 6) is 0.00767. The summed E-state index contributed by atoms with van der Waals surface area (Å²) in [4.78, 5) is 40.1. The Balaban J connectivity index is 1.26. The summed E-state index contributed by atoms with van der Waals surface area (Å²) in [5.41, 5.74) is 2.44. The lowest BCUT2D eigenvalue weighted by Crippen LogP contribution is -2.49. The van der Waals surface area contributed by atoms with Gasteiger partial charge in [-0.2, -0.15) is 0 Å². The molecule has 1 aliphatic heterocycles. The molecule has 1 saturated heterocycles. The Kier molecular flexibility index (Phi) is 6.38. The van der Waals surface area contributed by atoms with E-state index in [2.05, 4.69) is 39.1 Å². The largest absolute Gasteiger partial charge is 0.340 e. The lowest BCUT2D eigenvalue weighted by molar-refractivity contribution is -0.133. The number of carbonyl (C=O) groups is 2. The first-order valence-electron chi connectivity index (χ1n) is 10.7. The molecule has 7 nitrogen and oxygen atoms in total. The Labute approximate surface area is 177 Å². The highest BCUT2D eigenvalue weighted by molar-refractivity contribution is 5.92. The van der Waals surface area contributed by atoms with Crippen LogP contribution in [0.5, 0.6) is 0 Å². The second kappa shape index (κ2) is 9.34. The Morgan fingerprint density at radius 2 is 1.77 bits per heavy atom. The zero-order valence-corrected chi connectivity index (χ0v) is 17.5. The Bertz CT molecular complexity index is 859. The molecule has 0 N–H and O–H groups in total. The van der Waals surface area contributed by atoms with Crippen LogP contribution >= 0.6 is 0 Å². The summed E-state index contributed by atoms with van der Waals surface area (Å²) in [6.45, 7) is 6.46. The minimum Gasteiger partial charge on any atom is -0.340 e. The molecule has 2 amide bonds. The first kappa shape index (κ1) is 20.5. The van der Waals surface area contributed by atoms with Gasteiger partial charge in [-0.1, -0.05) is 30.3 Å². The number of rotatable bonds is 7. The van der Waals surface area contributed by atoms with Gasteiger partial charge in [-0.25, -0.2) is 4.98 Å². The number of aryl methyl sites for hydroxylation is 1. The van der Waals surface area contributed by atoms with E-state index in [1.165, 1.54) is 11.8 Å². The number of amides is 2. The zero-order chi connectivity index (χ0) is 20.9. The molecule has 0 unspecified atom stereocenters. The molecule has 0 radical (unpaired) electrons. The molecular formula is C23H29N5O2. The minimum absolute atomic E-state index is 0.120. The topological polar surface area (TPSA) is 69.6 Å². The van der Waals surface area contributed by atoms with Crippen LogP contribution in [0.4, 0.5) is 0 Å². The Hall–Kier alpha value is -2.80. The monoisotopic (exact) mass is 407 g/mol. The summed E-state index contributed by atoms with van der Waals surface area (Å²) < 4.78 is 0. The van der Waals surface area contributed by atoms with Gasteiger partial charge in [-0.15, -0.1) is 0 Å². The fourth-order valence-corrected chi connectivity index (χ4v) is 3.86. The third-order valence-electron chi connectivity index (χ3n) is 5.79. The van der Waals surface area contributed by atoms with Gasteiger partial charge >= 0.3 is 0 Å². The molecule has 30 heavy (non-hydrogen) atoms. The second-order valence-corrected chi connectivity index (χ2v) is 8.17. The number of hydrogen-bond donors (Lipinski definition) is 0. The normalized spacial score (nSPS) is 17.0. The van der Waals surface area contributed by atoms with Crippen molar-refractivity contribution in [1.29, 1.82) is 0 Å². The van der Waals surface area contributed by atoms with Crippen molar-refractivity contribution in [3.63, 3.8) is 0 Å². The summed E-state index contributed by atoms with van der Waals surface area (Å²) in [6, 6.07) is 10.7. The third kappa shape index (κ3) is 5.21. The molecule has 1 aromatic carbocycles. The van der Waals surface area contributed by atoms with Gasteiger partial charge < -0.3 is 9.80 Å². The molecule has 2 heterocycles. The summed E-state index contributed by atoms with van der Waals surface area (Å²) >= 11 is 0. The minimum atomic E-state index is -0.120. The number of nitrogens with zero attached hydrogens (tertiary/aromatic N) is 5. The van der Waals surface area contributed by atoms with E-state index in [4.69, 9.17) is 0 Å². The first-order valence-corrected chi connectivity index (χ1v) is 10.7. The number of hydrogen-bond acceptors (Lipinski definition) is 5. The average Bonchev–Trinajstić information content (AvgIpc) is 3.61. The Morgan fingerprint density at radius 3 is 2.40 bits per heavy atom. The van der Waals surface area contributed by atoms with Gasteiger partial charge in [0.15, 0.2) is 0 Å². The molecule has 0 bridgehead atoms. The van der Waals surface area contributed by atoms with Gasteiger partial charge in [-0.3, -0.25) is 19.5 Å². The van der Waals surface area contributed by atoms with Crippen LogP contribution in [0.1, 0.15) is 41.0 Å². The van der Waals surface area contributed by atoms with Crippen LogP contribution in [0.2, 0.25) is 0 Å². The van der Waals surface area contributed by atoms with Crippen LogP contribution < -0.4 is 0 Å². The standard InChI is InChI=1S/C23H29N5O2/c1-18-15-25-21(16-24-18)23(30)28(20-7-8-20)10-9-22(29)27-13-11-26(12-14-27)17-19-5-3-2-4-6-19/h2-6,15-16,20H,7-14,17H2,1H3. The molecule has 2 aromatic rings. The molecule has 158 valence electrons. The fraction of sp³-hybridized carbons (Fsp3) is 0.478. The van der Waals surface area contributed by atoms with E-state index in [1.807, 2.05) is 22.8 Å². The average molecular weight is 408 g/mol. The first-order chi connectivity index (χ1) is 14.6. The summed E-state index contributed by atoms with van der Waals surface area (Å²) in [7, 11) is 0. The van der Waals surface area contributed by atoms with Crippen molar-refractivity contribution in [2.45, 2.75) is 38.8 Å². The van der Waals surface area contributed by atoms with Crippen molar-refractivity contribution in [1.82, 2.24) is 24.7 Å². The van der Waals surface area contributed by atoms with E-state index >= 15 is 0 Å². The summed E-state index contributed by atoms with van der Waals surface area (Å²) in [5, 5.41) is 0. The molecule has 0 spiro atoms. The van der Waals surface area contributed by atoms with Gasteiger partial charge in [0.2, 0.25) is 5.91 Å². The van der Waals surface area contributed by atoms with E-state index in [-0.39, 0.29) is 17.9 Å². The lowest BCUT2D eigenvalue weighted by Gasteiger charge is -2.35. The van der Waals surface area contributed by atoms with Crippen LogP contribution in [0, 0.1) is 6.92 Å². The van der Waals surface area contributed by atoms with Crippen LogP contribution in [-0.4, -0.2) is 75.2 Å². The van der Waals surface area contributed by atoms with Crippen LogP contribution in [0.15, 0.2) is 42.7 Å². The predicted octanol–water partition coefficient (Wildman–Crippen LogP) is 2.12. The van der Waals surface area contributed by atoms with E-state index in [1.54, 1.807) is 6.20 Å². The van der Waals surface area contributed by atoms with Crippen molar-refractivity contribution in [2.24, 2.45) is 0 Å². The van der Waals surface area contributed by atoms with E-state index in [9.17, 15) is 9.59 Å². The van der Waals surface area contributed by atoms with Gasteiger partial charge in [0, 0.05) is 57.9 Å². The van der Waals surface area contributed by atoms with Crippen molar-refractivity contribution < 1.29 is 9.59 Å². The van der Waals surface area contributed by atoms with E-state index in [0.29, 0.717) is 18.7 Å². The molecule has 2 aliphatic rings. The smallest absolute Gasteiger partial charge is 0.274 e. The number of carbonyl (C=O) groups excluding carboxylic acids is 2. The Morgan fingerprint density at radius 1 is 1.03 bits per heavy atom. The van der Waals surface area contributed by atoms with E-state index in [0.717, 1.165) is 51.3 Å². The SMILES string of the molecule is Cc1cnc(C(=O)N(CCC(=O)N2CCN(Cc3ccccc3)CC2)C2CC2)cn1. The number of piperazine rings is 1. The van der Waals surface area contributed by atoms with Crippen molar-refractivity contribution >= 4 is 11.8 Å².